The molecule has 0 spiro atoms. The molecule has 6 heterocycles. The van der Waals surface area contributed by atoms with Crippen LogP contribution in [0.5, 0.6) is 0 Å². The van der Waals surface area contributed by atoms with E-state index in [-0.39, 0.29) is 43.4 Å². The quantitative estimate of drug-likeness (QED) is 0.175. The van der Waals surface area contributed by atoms with E-state index in [1.165, 1.54) is 10.8 Å². The van der Waals surface area contributed by atoms with E-state index in [0.717, 1.165) is 33.1 Å². The first kappa shape index (κ1) is 36.5. The van der Waals surface area contributed by atoms with Crippen molar-refractivity contribution in [2.75, 3.05) is 0 Å². The Balaban J connectivity index is 0.000000199. The number of nitrogens with one attached hydrogen (secondary N) is 1. The zero-order valence-corrected chi connectivity index (χ0v) is 26.1. The van der Waals surface area contributed by atoms with Gasteiger partial charge in [0, 0.05) is 39.5 Å². The van der Waals surface area contributed by atoms with E-state index >= 15 is 0 Å². The second-order valence-electron chi connectivity index (χ2n) is 8.61. The first-order valence-corrected chi connectivity index (χ1v) is 14.6. The van der Waals surface area contributed by atoms with Crippen LogP contribution in [0.4, 0.5) is 0 Å². The number of para-hydroxylation sites is 2. The molecule has 0 saturated heterocycles. The molecule has 15 heteroatoms. The van der Waals surface area contributed by atoms with Crippen LogP contribution in [-0.2, 0) is 0 Å². The van der Waals surface area contributed by atoms with Gasteiger partial charge in [0.15, 0.2) is 0 Å². The number of hydrogen-bond donors (Lipinski definition) is 1. The zero-order valence-electron chi connectivity index (χ0n) is 21.5. The molecule has 2 aromatic carbocycles. The lowest BCUT2D eigenvalue weighted by molar-refractivity contribution is 0.932. The molecular formula is C31H27BrCl4N10. The van der Waals surface area contributed by atoms with Gasteiger partial charge >= 0.3 is 0 Å². The number of hydrogen-bond acceptors (Lipinski definition) is 8. The molecule has 0 unspecified atom stereocenters. The molecular weight excluding hydrogens is 734 g/mol. The summed E-state index contributed by atoms with van der Waals surface area (Å²) in [5.41, 5.74) is 3.79. The summed E-state index contributed by atoms with van der Waals surface area (Å²) in [6.07, 6.45) is 3.53. The van der Waals surface area contributed by atoms with Gasteiger partial charge in [-0.1, -0.05) is 58.7 Å². The number of benzene rings is 2. The van der Waals surface area contributed by atoms with Crippen molar-refractivity contribution >= 4 is 106 Å². The Bertz CT molecular complexity index is 2070. The number of pyridine rings is 2. The Morgan fingerprint density at radius 2 is 1.07 bits per heavy atom. The van der Waals surface area contributed by atoms with Gasteiger partial charge in [-0.05, 0) is 98.7 Å². The largest absolute Gasteiger partial charge is 0.339 e. The van der Waals surface area contributed by atoms with Gasteiger partial charge in [0.1, 0.15) is 11.3 Å². The van der Waals surface area contributed by atoms with Gasteiger partial charge in [0.05, 0.1) is 5.52 Å². The van der Waals surface area contributed by atoms with Crippen LogP contribution < -0.4 is 0 Å². The third-order valence-electron chi connectivity index (χ3n) is 6.03. The van der Waals surface area contributed by atoms with Crippen molar-refractivity contribution in [3.63, 3.8) is 0 Å². The number of H-pyrrole nitrogens is 1. The molecule has 0 saturated carbocycles. The smallest absolute Gasteiger partial charge is 0.241 e. The molecule has 236 valence electrons. The van der Waals surface area contributed by atoms with Crippen molar-refractivity contribution in [3.8, 4) is 5.95 Å². The molecule has 8 rings (SSSR count). The summed E-state index contributed by atoms with van der Waals surface area (Å²) in [7, 11) is 0. The van der Waals surface area contributed by atoms with E-state index in [0.29, 0.717) is 10.7 Å². The molecule has 0 amide bonds. The first-order valence-electron chi connectivity index (χ1n) is 12.3. The SMILES string of the molecule is C.C.C.Clc1nc(Cl)nc(-n2c3ccccc3c3cccnc32)n1.Clc1nc(Cl)nc(Br)n1.c1ccc2c(c1)[nH]c1ncccc12. The van der Waals surface area contributed by atoms with E-state index < -0.39 is 0 Å². The fourth-order valence-electron chi connectivity index (χ4n) is 4.39. The average Bonchev–Trinajstić information content (AvgIpc) is 3.53. The number of rotatable bonds is 1. The maximum absolute atomic E-state index is 5.89. The summed E-state index contributed by atoms with van der Waals surface area (Å²) in [4.78, 5) is 34.8. The minimum absolute atomic E-state index is 0. The molecule has 0 aliphatic carbocycles. The van der Waals surface area contributed by atoms with Crippen LogP contribution in [0.1, 0.15) is 22.3 Å². The maximum Gasteiger partial charge on any atom is 0.241 e. The summed E-state index contributed by atoms with van der Waals surface area (Å²) in [5, 5.41) is 4.78. The van der Waals surface area contributed by atoms with Crippen LogP contribution in [-0.4, -0.2) is 49.4 Å². The molecule has 6 aromatic heterocycles. The lowest BCUT2D eigenvalue weighted by Crippen LogP contribution is -2.03. The van der Waals surface area contributed by atoms with E-state index in [1.807, 2.05) is 59.2 Å². The lowest BCUT2D eigenvalue weighted by Gasteiger charge is -2.04. The van der Waals surface area contributed by atoms with Crippen molar-refractivity contribution in [3.05, 3.63) is 111 Å². The minimum atomic E-state index is 0. The highest BCUT2D eigenvalue weighted by atomic mass is 79.9. The third kappa shape index (κ3) is 7.86. The lowest BCUT2D eigenvalue weighted by atomic mass is 10.2. The van der Waals surface area contributed by atoms with Gasteiger partial charge in [-0.25, -0.2) is 9.97 Å². The van der Waals surface area contributed by atoms with Crippen LogP contribution in [0.15, 0.2) is 89.9 Å². The van der Waals surface area contributed by atoms with Crippen molar-refractivity contribution < 1.29 is 0 Å². The van der Waals surface area contributed by atoms with E-state index in [9.17, 15) is 0 Å². The molecule has 8 aromatic rings. The highest BCUT2D eigenvalue weighted by Gasteiger charge is 2.15. The van der Waals surface area contributed by atoms with Crippen molar-refractivity contribution in [2.24, 2.45) is 0 Å². The number of aromatic amines is 1. The average molecular weight is 761 g/mol. The fourth-order valence-corrected chi connectivity index (χ4v) is 5.65. The van der Waals surface area contributed by atoms with Crippen LogP contribution in [0, 0.1) is 0 Å². The second kappa shape index (κ2) is 16.0. The van der Waals surface area contributed by atoms with E-state index in [1.54, 1.807) is 12.4 Å². The predicted octanol–water partition coefficient (Wildman–Crippen LogP) is 10.2. The Morgan fingerprint density at radius 3 is 1.72 bits per heavy atom. The van der Waals surface area contributed by atoms with Crippen molar-refractivity contribution in [2.45, 2.75) is 22.3 Å². The van der Waals surface area contributed by atoms with Gasteiger partial charge in [-0.2, -0.15) is 29.9 Å². The molecule has 1 N–H and O–H groups in total. The normalized spacial score (nSPS) is 10.2. The topological polar surface area (TPSA) is 124 Å². The molecule has 0 aliphatic rings. The minimum Gasteiger partial charge on any atom is -0.339 e. The van der Waals surface area contributed by atoms with Crippen LogP contribution in [0.3, 0.4) is 0 Å². The number of nitrogens with zero attached hydrogens (tertiary/aromatic N) is 9. The first-order chi connectivity index (χ1) is 20.9. The summed E-state index contributed by atoms with van der Waals surface area (Å²) < 4.78 is 2.16. The fraction of sp³-hybridized carbons (Fsp3) is 0.0968. The van der Waals surface area contributed by atoms with Gasteiger partial charge in [0.25, 0.3) is 0 Å². The van der Waals surface area contributed by atoms with Gasteiger partial charge in [-0.15, -0.1) is 0 Å². The standard InChI is InChI=1S/C14H7Cl2N5.C11H8N2.C3BrCl2N3.3CH4/c15-12-18-13(16)20-14(19-12)21-10-6-2-1-4-8(10)9-5-3-7-17-11(9)21;1-2-6-10-8(4-1)9-5-3-7-12-11(9)13-10;4-1-7-2(5)9-3(6)8-1;;;/h1-7H;1-7H,(H,12,13);;3*1H4. The second-order valence-corrected chi connectivity index (χ2v) is 10.7. The number of aromatic nitrogens is 10. The molecule has 0 radical (unpaired) electrons. The Kier molecular flexibility index (Phi) is 12.7. The molecule has 0 atom stereocenters. The molecule has 10 nitrogen and oxygen atoms in total. The van der Waals surface area contributed by atoms with E-state index in [2.05, 4.69) is 79.0 Å². The highest BCUT2D eigenvalue weighted by Crippen LogP contribution is 2.29. The summed E-state index contributed by atoms with van der Waals surface area (Å²) >= 11 is 25.5. The molecule has 0 fully saturated rings. The predicted molar refractivity (Wildman–Crippen MR) is 193 cm³/mol. The van der Waals surface area contributed by atoms with Crippen LogP contribution in [0.25, 0.3) is 49.8 Å². The van der Waals surface area contributed by atoms with Crippen molar-refractivity contribution in [1.82, 2.24) is 49.4 Å². The zero-order chi connectivity index (χ0) is 29.9. The summed E-state index contributed by atoms with van der Waals surface area (Å²) in [6, 6.07) is 24.1. The van der Waals surface area contributed by atoms with Crippen molar-refractivity contribution in [1.29, 1.82) is 0 Å². The highest BCUT2D eigenvalue weighted by molar-refractivity contribution is 9.10. The van der Waals surface area contributed by atoms with Crippen LogP contribution >= 0.6 is 62.3 Å². The maximum atomic E-state index is 5.89. The Labute approximate surface area is 293 Å². The monoisotopic (exact) mass is 758 g/mol. The van der Waals surface area contributed by atoms with Gasteiger partial charge in [-0.3, -0.25) is 4.57 Å². The summed E-state index contributed by atoms with van der Waals surface area (Å²) in [5.74, 6) is 0.352. The number of halogens is 5. The molecule has 0 bridgehead atoms. The third-order valence-corrected chi connectivity index (χ3v) is 7.06. The number of fused-ring (bicyclic) bond motifs is 6. The molecule has 0 aliphatic heterocycles. The van der Waals surface area contributed by atoms with Crippen LogP contribution in [0.2, 0.25) is 21.1 Å². The summed E-state index contributed by atoms with van der Waals surface area (Å²) in [6.45, 7) is 0. The Hall–Kier alpha value is -4.00. The molecule has 46 heavy (non-hydrogen) atoms. The van der Waals surface area contributed by atoms with Gasteiger partial charge < -0.3 is 4.98 Å². The van der Waals surface area contributed by atoms with Gasteiger partial charge in [0.2, 0.25) is 31.8 Å². The van der Waals surface area contributed by atoms with E-state index in [4.69, 9.17) is 46.4 Å². The Morgan fingerprint density at radius 1 is 0.543 bits per heavy atom.